The van der Waals surface area contributed by atoms with E-state index in [4.69, 9.17) is 0 Å². The van der Waals surface area contributed by atoms with Gasteiger partial charge in [0, 0.05) is 49.1 Å². The highest BCUT2D eigenvalue weighted by Gasteiger charge is 2.25. The van der Waals surface area contributed by atoms with Crippen molar-refractivity contribution in [2.75, 3.05) is 18.0 Å². The number of nitrogens with one attached hydrogen (secondary N) is 1. The predicted molar refractivity (Wildman–Crippen MR) is 96.6 cm³/mol. The van der Waals surface area contributed by atoms with Gasteiger partial charge >= 0.3 is 0 Å². The highest BCUT2D eigenvalue weighted by molar-refractivity contribution is 5.83. The Hall–Kier alpha value is -2.63. The third-order valence-electron chi connectivity index (χ3n) is 5.15. The average Bonchev–Trinajstić information content (AvgIpc) is 3.05. The minimum atomic E-state index is -0.224. The quantitative estimate of drug-likeness (QED) is 0.796. The van der Waals surface area contributed by atoms with Crippen LogP contribution in [0.5, 0.6) is 0 Å². The Bertz CT molecular complexity index is 953. The van der Waals surface area contributed by atoms with Crippen LogP contribution in [0.25, 0.3) is 10.9 Å². The number of hydrogen-bond acceptors (Lipinski definition) is 3. The molecule has 0 aliphatic carbocycles. The molecule has 3 aromatic rings. The Labute approximate surface area is 145 Å². The molecule has 0 atom stereocenters. The zero-order chi connectivity index (χ0) is 17.4. The van der Waals surface area contributed by atoms with Gasteiger partial charge in [-0.3, -0.25) is 4.79 Å². The van der Waals surface area contributed by atoms with Crippen LogP contribution in [-0.2, 0) is 6.54 Å². The molecule has 0 spiro atoms. The topological polar surface area (TPSA) is 53.9 Å². The molecule has 0 amide bonds. The van der Waals surface area contributed by atoms with E-state index in [2.05, 4.69) is 14.9 Å². The van der Waals surface area contributed by atoms with E-state index < -0.39 is 0 Å². The minimum absolute atomic E-state index is 0.0222. The molecule has 3 heterocycles. The van der Waals surface area contributed by atoms with E-state index in [9.17, 15) is 9.18 Å². The van der Waals surface area contributed by atoms with Gasteiger partial charge in [-0.25, -0.2) is 9.37 Å². The highest BCUT2D eigenvalue weighted by Crippen LogP contribution is 2.33. The number of H-pyrrole nitrogens is 1. The van der Waals surface area contributed by atoms with Crippen LogP contribution < -0.4 is 10.5 Å². The van der Waals surface area contributed by atoms with E-state index in [1.54, 1.807) is 17.0 Å². The Kier molecular flexibility index (Phi) is 4.03. The highest BCUT2D eigenvalue weighted by atomic mass is 19.1. The number of aryl methyl sites for hydroxylation is 1. The fourth-order valence-corrected chi connectivity index (χ4v) is 3.76. The van der Waals surface area contributed by atoms with Crippen molar-refractivity contribution in [1.82, 2.24) is 14.5 Å². The van der Waals surface area contributed by atoms with E-state index in [-0.39, 0.29) is 11.4 Å². The van der Waals surface area contributed by atoms with Gasteiger partial charge in [-0.05, 0) is 49.4 Å². The number of benzene rings is 1. The monoisotopic (exact) mass is 340 g/mol. The van der Waals surface area contributed by atoms with Crippen LogP contribution in [0.4, 0.5) is 10.2 Å². The molecule has 0 bridgehead atoms. The number of fused-ring (bicyclic) bond motifs is 1. The number of piperidine rings is 1. The van der Waals surface area contributed by atoms with Gasteiger partial charge < -0.3 is 14.5 Å². The number of aromatic amines is 1. The summed E-state index contributed by atoms with van der Waals surface area (Å²) in [6.07, 6.45) is 7.32. The molecule has 1 aliphatic heterocycles. The molecular weight excluding hydrogens is 319 g/mol. The van der Waals surface area contributed by atoms with Gasteiger partial charge in [-0.2, -0.15) is 0 Å². The number of rotatable bonds is 3. The van der Waals surface area contributed by atoms with Gasteiger partial charge in [0.2, 0.25) is 0 Å². The van der Waals surface area contributed by atoms with Gasteiger partial charge in [-0.1, -0.05) is 0 Å². The largest absolute Gasteiger partial charge is 0.361 e. The summed E-state index contributed by atoms with van der Waals surface area (Å²) < 4.78 is 15.0. The van der Waals surface area contributed by atoms with Crippen molar-refractivity contribution < 1.29 is 4.39 Å². The fourth-order valence-electron chi connectivity index (χ4n) is 3.76. The van der Waals surface area contributed by atoms with Gasteiger partial charge in [0.25, 0.3) is 5.56 Å². The summed E-state index contributed by atoms with van der Waals surface area (Å²) in [7, 11) is 0. The van der Waals surface area contributed by atoms with Crippen molar-refractivity contribution in [3.8, 4) is 0 Å². The molecule has 130 valence electrons. The minimum Gasteiger partial charge on any atom is -0.361 e. The molecule has 1 fully saturated rings. The zero-order valence-electron chi connectivity index (χ0n) is 14.2. The third kappa shape index (κ3) is 2.81. The number of nitrogens with zero attached hydrogens (tertiary/aromatic N) is 3. The lowest BCUT2D eigenvalue weighted by atomic mass is 9.89. The van der Waals surface area contributed by atoms with Crippen LogP contribution in [0.2, 0.25) is 0 Å². The molecule has 5 nitrogen and oxygen atoms in total. The van der Waals surface area contributed by atoms with Crippen LogP contribution in [-0.4, -0.2) is 27.6 Å². The van der Waals surface area contributed by atoms with E-state index in [1.165, 1.54) is 17.7 Å². The molecular formula is C19H21FN4O. The fraction of sp³-hybridized carbons (Fsp3) is 0.368. The van der Waals surface area contributed by atoms with Crippen LogP contribution in [0, 0.1) is 5.82 Å². The molecule has 25 heavy (non-hydrogen) atoms. The van der Waals surface area contributed by atoms with Crippen molar-refractivity contribution in [2.45, 2.75) is 32.2 Å². The second kappa shape index (κ2) is 6.35. The lowest BCUT2D eigenvalue weighted by Gasteiger charge is -2.32. The zero-order valence-corrected chi connectivity index (χ0v) is 14.2. The molecule has 6 heteroatoms. The van der Waals surface area contributed by atoms with Crippen LogP contribution in [0.1, 0.15) is 31.2 Å². The van der Waals surface area contributed by atoms with Crippen molar-refractivity contribution >= 4 is 16.7 Å². The summed E-state index contributed by atoms with van der Waals surface area (Å²) >= 11 is 0. The van der Waals surface area contributed by atoms with Gasteiger partial charge in [0.1, 0.15) is 5.82 Å². The smallest absolute Gasteiger partial charge is 0.293 e. The molecule has 1 aliphatic rings. The number of anilines is 1. The summed E-state index contributed by atoms with van der Waals surface area (Å²) in [4.78, 5) is 22.0. The maximum atomic E-state index is 13.4. The predicted octanol–water partition coefficient (Wildman–Crippen LogP) is 3.27. The van der Waals surface area contributed by atoms with Gasteiger partial charge in [0.15, 0.2) is 5.82 Å². The average molecular weight is 340 g/mol. The first-order valence-electron chi connectivity index (χ1n) is 8.74. The molecule has 0 saturated carbocycles. The van der Waals surface area contributed by atoms with Crippen molar-refractivity contribution in [2.24, 2.45) is 0 Å². The van der Waals surface area contributed by atoms with Gasteiger partial charge in [-0.15, -0.1) is 0 Å². The summed E-state index contributed by atoms with van der Waals surface area (Å²) in [6, 6.07) is 4.90. The first kappa shape index (κ1) is 15.9. The Morgan fingerprint density at radius 3 is 2.88 bits per heavy atom. The lowest BCUT2D eigenvalue weighted by molar-refractivity contribution is 0.502. The van der Waals surface area contributed by atoms with Crippen molar-refractivity contribution in [1.29, 1.82) is 0 Å². The van der Waals surface area contributed by atoms with E-state index in [0.29, 0.717) is 18.3 Å². The molecule has 1 aromatic carbocycles. The van der Waals surface area contributed by atoms with E-state index in [1.807, 2.05) is 19.2 Å². The summed E-state index contributed by atoms with van der Waals surface area (Å²) in [6.45, 7) is 4.21. The SMILES string of the molecule is CCn1ccnc(N2CCC(c3c[nH]c4cc(F)ccc34)CC2)c1=O. The summed E-state index contributed by atoms with van der Waals surface area (Å²) in [5.41, 5.74) is 2.06. The Morgan fingerprint density at radius 1 is 1.32 bits per heavy atom. The number of halogens is 1. The van der Waals surface area contributed by atoms with Crippen molar-refractivity contribution in [3.05, 3.63) is 58.5 Å². The van der Waals surface area contributed by atoms with Gasteiger partial charge in [0.05, 0.1) is 0 Å². The van der Waals surface area contributed by atoms with Crippen LogP contribution in [0.3, 0.4) is 0 Å². The molecule has 4 rings (SSSR count). The Balaban J connectivity index is 1.54. The summed E-state index contributed by atoms with van der Waals surface area (Å²) in [5, 5.41) is 1.09. The van der Waals surface area contributed by atoms with Crippen LogP contribution >= 0.6 is 0 Å². The standard InChI is InChI=1S/C19H21FN4O/c1-2-23-10-7-21-18(19(23)25)24-8-5-13(6-9-24)16-12-22-17-11-14(20)3-4-15(16)17/h3-4,7,10-13,22H,2,5-6,8-9H2,1H3. The second-order valence-corrected chi connectivity index (χ2v) is 6.54. The Morgan fingerprint density at radius 2 is 2.12 bits per heavy atom. The third-order valence-corrected chi connectivity index (χ3v) is 5.15. The molecule has 0 radical (unpaired) electrons. The molecule has 2 aromatic heterocycles. The molecule has 1 N–H and O–H groups in total. The normalized spacial score (nSPS) is 15.8. The first-order chi connectivity index (χ1) is 12.2. The number of aromatic nitrogens is 3. The summed E-state index contributed by atoms with van der Waals surface area (Å²) in [5.74, 6) is 0.731. The molecule has 1 saturated heterocycles. The number of hydrogen-bond donors (Lipinski definition) is 1. The van der Waals surface area contributed by atoms with E-state index >= 15 is 0 Å². The maximum Gasteiger partial charge on any atom is 0.293 e. The first-order valence-corrected chi connectivity index (χ1v) is 8.74. The molecule has 0 unspecified atom stereocenters. The lowest BCUT2D eigenvalue weighted by Crippen LogP contribution is -2.38. The second-order valence-electron chi connectivity index (χ2n) is 6.54. The maximum absolute atomic E-state index is 13.4. The van der Waals surface area contributed by atoms with E-state index in [0.717, 1.165) is 36.8 Å². The van der Waals surface area contributed by atoms with Crippen LogP contribution in [0.15, 0.2) is 41.6 Å². The van der Waals surface area contributed by atoms with Crippen molar-refractivity contribution in [3.63, 3.8) is 0 Å².